The Kier molecular flexibility index (Phi) is 5.73. The van der Waals surface area contributed by atoms with Crippen LogP contribution in [0.25, 0.3) is 5.70 Å². The van der Waals surface area contributed by atoms with Crippen molar-refractivity contribution < 1.29 is 23.1 Å². The van der Waals surface area contributed by atoms with Gasteiger partial charge < -0.3 is 10.4 Å². The standard InChI is InChI=1S/C15H17F3N2O2/c1-4-5-12(19-7-9(2)15(3,17)18)13-11(16)6-10(8-20-13)14(21)22/h5-8,19H,4H2,1-3H3,(H,21,22)/b9-7+,12-5+. The Bertz CT molecular complexity index is 620. The van der Waals surface area contributed by atoms with Crippen LogP contribution in [0.3, 0.4) is 0 Å². The number of alkyl halides is 2. The molecule has 7 heteroatoms. The van der Waals surface area contributed by atoms with Crippen LogP contribution in [0.5, 0.6) is 0 Å². The van der Waals surface area contributed by atoms with Gasteiger partial charge in [0, 0.05) is 24.9 Å². The molecular formula is C15H17F3N2O2. The van der Waals surface area contributed by atoms with Gasteiger partial charge in [0.05, 0.1) is 11.3 Å². The number of nitrogens with one attached hydrogen (secondary N) is 1. The summed E-state index contributed by atoms with van der Waals surface area (Å²) in [5.41, 5.74) is -0.447. The summed E-state index contributed by atoms with van der Waals surface area (Å²) in [4.78, 5) is 14.5. The van der Waals surface area contributed by atoms with E-state index >= 15 is 0 Å². The van der Waals surface area contributed by atoms with E-state index in [1.54, 1.807) is 13.0 Å². The quantitative estimate of drug-likeness (QED) is 0.838. The Morgan fingerprint density at radius 1 is 1.50 bits per heavy atom. The van der Waals surface area contributed by atoms with Gasteiger partial charge in [-0.3, -0.25) is 4.98 Å². The van der Waals surface area contributed by atoms with E-state index in [9.17, 15) is 18.0 Å². The first-order valence-corrected chi connectivity index (χ1v) is 6.57. The average molecular weight is 314 g/mol. The number of carbonyl (C=O) groups is 1. The number of nitrogens with zero attached hydrogens (tertiary/aromatic N) is 1. The molecule has 1 aromatic rings. The Hall–Kier alpha value is -2.31. The molecule has 2 N–H and O–H groups in total. The predicted octanol–water partition coefficient (Wildman–Crippen LogP) is 3.82. The Labute approximate surface area is 126 Å². The van der Waals surface area contributed by atoms with Gasteiger partial charge in [-0.1, -0.05) is 13.0 Å². The highest BCUT2D eigenvalue weighted by atomic mass is 19.3. The Balaban J connectivity index is 3.13. The van der Waals surface area contributed by atoms with E-state index in [1.807, 2.05) is 0 Å². The van der Waals surface area contributed by atoms with Crippen LogP contribution < -0.4 is 5.32 Å². The summed E-state index contributed by atoms with van der Waals surface area (Å²) in [5, 5.41) is 11.4. The van der Waals surface area contributed by atoms with Gasteiger partial charge in [0.15, 0.2) is 5.82 Å². The largest absolute Gasteiger partial charge is 0.478 e. The van der Waals surface area contributed by atoms with Crippen LogP contribution in [0.2, 0.25) is 0 Å². The van der Waals surface area contributed by atoms with Crippen LogP contribution in [-0.2, 0) is 0 Å². The number of halogens is 3. The fraction of sp³-hybridized carbons (Fsp3) is 0.333. The summed E-state index contributed by atoms with van der Waals surface area (Å²) < 4.78 is 40.2. The van der Waals surface area contributed by atoms with E-state index in [-0.39, 0.29) is 22.5 Å². The molecule has 0 aliphatic heterocycles. The van der Waals surface area contributed by atoms with Crippen molar-refractivity contribution >= 4 is 11.7 Å². The molecule has 1 aromatic heterocycles. The van der Waals surface area contributed by atoms with E-state index < -0.39 is 17.7 Å². The summed E-state index contributed by atoms with van der Waals surface area (Å²) in [6.45, 7) is 3.79. The number of hydrogen-bond acceptors (Lipinski definition) is 3. The van der Waals surface area contributed by atoms with Crippen molar-refractivity contribution in [1.29, 1.82) is 0 Å². The first-order chi connectivity index (χ1) is 10.2. The first kappa shape index (κ1) is 17.7. The summed E-state index contributed by atoms with van der Waals surface area (Å²) in [6.07, 6.45) is 4.17. The number of pyridine rings is 1. The molecule has 0 saturated heterocycles. The first-order valence-electron chi connectivity index (χ1n) is 6.57. The van der Waals surface area contributed by atoms with Crippen molar-refractivity contribution in [2.24, 2.45) is 0 Å². The van der Waals surface area contributed by atoms with Crippen molar-refractivity contribution in [3.63, 3.8) is 0 Å². The van der Waals surface area contributed by atoms with Crippen LogP contribution in [0.4, 0.5) is 13.2 Å². The zero-order chi connectivity index (χ0) is 16.9. The molecule has 0 aliphatic rings. The lowest BCUT2D eigenvalue weighted by molar-refractivity contribution is 0.0629. The highest BCUT2D eigenvalue weighted by Gasteiger charge is 2.23. The molecule has 0 aliphatic carbocycles. The fourth-order valence-electron chi connectivity index (χ4n) is 1.49. The molecular weight excluding hydrogens is 297 g/mol. The third-order valence-electron chi connectivity index (χ3n) is 2.89. The van der Waals surface area contributed by atoms with Crippen LogP contribution in [0.15, 0.2) is 30.1 Å². The molecule has 22 heavy (non-hydrogen) atoms. The second-order valence-corrected chi connectivity index (χ2v) is 4.75. The minimum Gasteiger partial charge on any atom is -0.478 e. The van der Waals surface area contributed by atoms with Crippen molar-refractivity contribution in [3.05, 3.63) is 47.2 Å². The zero-order valence-corrected chi connectivity index (χ0v) is 12.5. The molecule has 0 radical (unpaired) electrons. The van der Waals surface area contributed by atoms with Gasteiger partial charge in [-0.2, -0.15) is 0 Å². The van der Waals surface area contributed by atoms with Gasteiger partial charge in [0.1, 0.15) is 5.69 Å². The minimum atomic E-state index is -3.00. The lowest BCUT2D eigenvalue weighted by Gasteiger charge is -2.13. The Morgan fingerprint density at radius 2 is 2.14 bits per heavy atom. The molecule has 0 bridgehead atoms. The van der Waals surface area contributed by atoms with Gasteiger partial charge in [0.2, 0.25) is 0 Å². The number of allylic oxidation sites excluding steroid dienone is 2. The maximum atomic E-state index is 14.0. The van der Waals surface area contributed by atoms with Crippen LogP contribution in [-0.4, -0.2) is 22.0 Å². The molecule has 0 unspecified atom stereocenters. The highest BCUT2D eigenvalue weighted by Crippen LogP contribution is 2.22. The lowest BCUT2D eigenvalue weighted by Crippen LogP contribution is -2.16. The number of rotatable bonds is 6. The van der Waals surface area contributed by atoms with E-state index in [4.69, 9.17) is 5.11 Å². The topological polar surface area (TPSA) is 62.2 Å². The van der Waals surface area contributed by atoms with Gasteiger partial charge in [-0.05, 0) is 19.4 Å². The Morgan fingerprint density at radius 3 is 2.59 bits per heavy atom. The number of carboxylic acid groups (broad SMARTS) is 1. The van der Waals surface area contributed by atoms with E-state index in [0.717, 1.165) is 25.4 Å². The third kappa shape index (κ3) is 4.61. The molecule has 0 saturated carbocycles. The van der Waals surface area contributed by atoms with E-state index in [2.05, 4.69) is 10.3 Å². The lowest BCUT2D eigenvalue weighted by atomic mass is 10.1. The molecule has 4 nitrogen and oxygen atoms in total. The number of aromatic carboxylic acids is 1. The van der Waals surface area contributed by atoms with E-state index in [1.165, 1.54) is 6.92 Å². The molecule has 0 atom stereocenters. The number of hydrogen-bond donors (Lipinski definition) is 2. The average Bonchev–Trinajstić information content (AvgIpc) is 2.42. The summed E-state index contributed by atoms with van der Waals surface area (Å²) in [6, 6.07) is 0.834. The van der Waals surface area contributed by atoms with Crippen molar-refractivity contribution in [3.8, 4) is 0 Å². The number of aromatic nitrogens is 1. The summed E-state index contributed by atoms with van der Waals surface area (Å²) in [5.74, 6) is -5.14. The second-order valence-electron chi connectivity index (χ2n) is 4.75. The maximum Gasteiger partial charge on any atom is 0.337 e. The van der Waals surface area contributed by atoms with Gasteiger partial charge >= 0.3 is 5.97 Å². The van der Waals surface area contributed by atoms with Crippen LogP contribution in [0.1, 0.15) is 43.2 Å². The zero-order valence-electron chi connectivity index (χ0n) is 12.5. The smallest absolute Gasteiger partial charge is 0.337 e. The molecule has 1 rings (SSSR count). The highest BCUT2D eigenvalue weighted by molar-refractivity contribution is 5.87. The van der Waals surface area contributed by atoms with Gasteiger partial charge in [-0.15, -0.1) is 0 Å². The molecule has 120 valence electrons. The molecule has 0 aromatic carbocycles. The molecule has 0 amide bonds. The fourth-order valence-corrected chi connectivity index (χ4v) is 1.49. The molecule has 0 spiro atoms. The number of carboxylic acids is 1. The molecule has 0 fully saturated rings. The summed E-state index contributed by atoms with van der Waals surface area (Å²) in [7, 11) is 0. The van der Waals surface area contributed by atoms with Gasteiger partial charge in [0.25, 0.3) is 5.92 Å². The van der Waals surface area contributed by atoms with Crippen LogP contribution in [0, 0.1) is 5.82 Å². The molecule has 1 heterocycles. The monoisotopic (exact) mass is 314 g/mol. The summed E-state index contributed by atoms with van der Waals surface area (Å²) >= 11 is 0. The van der Waals surface area contributed by atoms with Gasteiger partial charge in [-0.25, -0.2) is 18.0 Å². The third-order valence-corrected chi connectivity index (χ3v) is 2.89. The van der Waals surface area contributed by atoms with Crippen molar-refractivity contribution in [1.82, 2.24) is 10.3 Å². The van der Waals surface area contributed by atoms with E-state index in [0.29, 0.717) is 6.42 Å². The predicted molar refractivity (Wildman–Crippen MR) is 76.9 cm³/mol. The normalized spacial score (nSPS) is 13.2. The maximum absolute atomic E-state index is 14.0. The van der Waals surface area contributed by atoms with Crippen LogP contribution >= 0.6 is 0 Å². The second kappa shape index (κ2) is 7.11. The SMILES string of the molecule is CC/C=C(/N/C=C(\C)C(C)(F)F)c1ncc(C(=O)O)cc1F. The van der Waals surface area contributed by atoms with Crippen molar-refractivity contribution in [2.45, 2.75) is 33.1 Å². The van der Waals surface area contributed by atoms with Crippen molar-refractivity contribution in [2.75, 3.05) is 0 Å². The minimum absolute atomic E-state index is 0.129.